The van der Waals surface area contributed by atoms with Crippen molar-refractivity contribution in [3.8, 4) is 23.0 Å². The highest BCUT2D eigenvalue weighted by atomic mass is 16.5. The van der Waals surface area contributed by atoms with Gasteiger partial charge in [0.2, 0.25) is 5.75 Å². The third-order valence-corrected chi connectivity index (χ3v) is 2.46. The molecule has 0 heterocycles. The van der Waals surface area contributed by atoms with Crippen LogP contribution < -0.4 is 9.47 Å². The summed E-state index contributed by atoms with van der Waals surface area (Å²) in [6, 6.07) is 10.9. The summed E-state index contributed by atoms with van der Waals surface area (Å²) < 4.78 is 9.96. The number of hydrogen-bond donors (Lipinski definition) is 2. The Morgan fingerprint density at radius 1 is 1.11 bits per heavy atom. The highest BCUT2D eigenvalue weighted by Gasteiger charge is 2.16. The van der Waals surface area contributed by atoms with Crippen LogP contribution >= 0.6 is 0 Å². The number of carbonyl (C=O) groups excluding carboxylic acids is 1. The second-order valence-corrected chi connectivity index (χ2v) is 3.75. The minimum absolute atomic E-state index is 0.0000108. The molecular formula is C14H12O5. The number of methoxy groups -OCH3 is 1. The van der Waals surface area contributed by atoms with Crippen molar-refractivity contribution in [3.63, 3.8) is 0 Å². The number of esters is 1. The quantitative estimate of drug-likeness (QED) is 0.503. The molecule has 5 heteroatoms. The molecule has 0 aromatic heterocycles. The van der Waals surface area contributed by atoms with Crippen LogP contribution in [0.25, 0.3) is 0 Å². The molecule has 0 fully saturated rings. The van der Waals surface area contributed by atoms with Gasteiger partial charge in [0, 0.05) is 0 Å². The van der Waals surface area contributed by atoms with Gasteiger partial charge in [-0.15, -0.1) is 0 Å². The Labute approximate surface area is 109 Å². The van der Waals surface area contributed by atoms with Gasteiger partial charge in [-0.05, 0) is 24.3 Å². The average Bonchev–Trinajstić information content (AvgIpc) is 2.42. The largest absolute Gasteiger partial charge is 0.504 e. The first-order valence-corrected chi connectivity index (χ1v) is 5.49. The minimum Gasteiger partial charge on any atom is -0.504 e. The van der Waals surface area contributed by atoms with Crippen LogP contribution in [0.2, 0.25) is 0 Å². The molecule has 19 heavy (non-hydrogen) atoms. The van der Waals surface area contributed by atoms with E-state index in [4.69, 9.17) is 9.47 Å². The lowest BCUT2D eigenvalue weighted by Gasteiger charge is -2.08. The van der Waals surface area contributed by atoms with Crippen LogP contribution in [0.4, 0.5) is 0 Å². The Morgan fingerprint density at radius 2 is 1.79 bits per heavy atom. The van der Waals surface area contributed by atoms with E-state index in [0.717, 1.165) is 6.07 Å². The minimum atomic E-state index is -0.653. The molecule has 0 bridgehead atoms. The van der Waals surface area contributed by atoms with E-state index in [1.165, 1.54) is 13.2 Å². The topological polar surface area (TPSA) is 76.0 Å². The third-order valence-electron chi connectivity index (χ3n) is 2.46. The van der Waals surface area contributed by atoms with Crippen LogP contribution in [0.15, 0.2) is 42.5 Å². The van der Waals surface area contributed by atoms with Crippen LogP contribution in [-0.4, -0.2) is 23.3 Å². The lowest BCUT2D eigenvalue weighted by molar-refractivity contribution is 0.0734. The Balaban J connectivity index is 2.27. The first-order chi connectivity index (χ1) is 9.11. The van der Waals surface area contributed by atoms with Gasteiger partial charge in [-0.1, -0.05) is 18.2 Å². The van der Waals surface area contributed by atoms with Gasteiger partial charge in [-0.25, -0.2) is 4.79 Å². The summed E-state index contributed by atoms with van der Waals surface area (Å²) in [6.07, 6.45) is 0. The summed E-state index contributed by atoms with van der Waals surface area (Å²) in [7, 11) is 1.32. The van der Waals surface area contributed by atoms with Gasteiger partial charge < -0.3 is 19.7 Å². The van der Waals surface area contributed by atoms with Crippen molar-refractivity contribution in [2.75, 3.05) is 7.11 Å². The number of benzene rings is 2. The van der Waals surface area contributed by atoms with Gasteiger partial charge >= 0.3 is 5.97 Å². The number of carbonyl (C=O) groups is 1. The summed E-state index contributed by atoms with van der Waals surface area (Å²) >= 11 is 0. The third kappa shape index (κ3) is 2.77. The first-order valence-electron chi connectivity index (χ1n) is 5.49. The second kappa shape index (κ2) is 5.30. The summed E-state index contributed by atoms with van der Waals surface area (Å²) in [4.78, 5) is 11.9. The highest BCUT2D eigenvalue weighted by Crippen LogP contribution is 2.36. The molecule has 0 radical (unpaired) electrons. The van der Waals surface area contributed by atoms with Crippen molar-refractivity contribution in [2.45, 2.75) is 0 Å². The molecular weight excluding hydrogens is 248 g/mol. The van der Waals surface area contributed by atoms with E-state index in [9.17, 15) is 15.0 Å². The van der Waals surface area contributed by atoms with E-state index < -0.39 is 17.5 Å². The van der Waals surface area contributed by atoms with E-state index in [1.54, 1.807) is 30.3 Å². The van der Waals surface area contributed by atoms with Crippen LogP contribution in [0.3, 0.4) is 0 Å². The van der Waals surface area contributed by atoms with Crippen LogP contribution in [0.5, 0.6) is 23.0 Å². The summed E-state index contributed by atoms with van der Waals surface area (Å²) in [5, 5.41) is 19.0. The van der Waals surface area contributed by atoms with E-state index in [1.807, 2.05) is 0 Å². The molecule has 2 N–H and O–H groups in total. The predicted molar refractivity (Wildman–Crippen MR) is 67.7 cm³/mol. The Morgan fingerprint density at radius 3 is 2.42 bits per heavy atom. The highest BCUT2D eigenvalue weighted by molar-refractivity contribution is 5.92. The molecule has 0 spiro atoms. The zero-order chi connectivity index (χ0) is 13.8. The molecule has 0 atom stereocenters. The maximum Gasteiger partial charge on any atom is 0.343 e. The Kier molecular flexibility index (Phi) is 3.56. The fraction of sp³-hybridized carbons (Fsp3) is 0.0714. The smallest absolute Gasteiger partial charge is 0.343 e. The summed E-state index contributed by atoms with van der Waals surface area (Å²) in [5.41, 5.74) is 0.0796. The molecule has 98 valence electrons. The van der Waals surface area contributed by atoms with Gasteiger partial charge in [-0.3, -0.25) is 0 Å². The molecule has 2 aromatic rings. The van der Waals surface area contributed by atoms with E-state index in [2.05, 4.69) is 0 Å². The molecule has 0 saturated carbocycles. The Hall–Kier alpha value is -2.69. The zero-order valence-electron chi connectivity index (χ0n) is 10.2. The molecule has 0 saturated heterocycles. The van der Waals surface area contributed by atoms with Crippen molar-refractivity contribution >= 4 is 5.97 Å². The molecule has 0 amide bonds. The maximum absolute atomic E-state index is 11.9. The lowest BCUT2D eigenvalue weighted by Crippen LogP contribution is -2.08. The lowest BCUT2D eigenvalue weighted by atomic mass is 10.2. The van der Waals surface area contributed by atoms with Gasteiger partial charge in [0.15, 0.2) is 11.5 Å². The van der Waals surface area contributed by atoms with Gasteiger partial charge in [0.05, 0.1) is 12.7 Å². The van der Waals surface area contributed by atoms with Gasteiger partial charge in [0.1, 0.15) is 5.75 Å². The monoisotopic (exact) mass is 260 g/mol. The standard InChI is InChI=1S/C14H12O5/c1-18-12-8-9(7-11(15)13(12)16)14(17)19-10-5-3-2-4-6-10/h2-8,15-16H,1H3. The average molecular weight is 260 g/mol. The zero-order valence-corrected chi connectivity index (χ0v) is 10.2. The number of ether oxygens (including phenoxy) is 2. The van der Waals surface area contributed by atoms with Crippen LogP contribution in [-0.2, 0) is 0 Å². The number of para-hydroxylation sites is 1. The first kappa shape index (κ1) is 12.8. The molecule has 5 nitrogen and oxygen atoms in total. The summed E-state index contributed by atoms with van der Waals surface area (Å²) in [6.45, 7) is 0. The molecule has 0 aliphatic carbocycles. The molecule has 2 rings (SSSR count). The number of phenols is 2. The van der Waals surface area contributed by atoms with Crippen molar-refractivity contribution in [2.24, 2.45) is 0 Å². The second-order valence-electron chi connectivity index (χ2n) is 3.75. The molecule has 0 unspecified atom stereocenters. The molecule has 0 aliphatic heterocycles. The Bertz CT molecular complexity index is 592. The van der Waals surface area contributed by atoms with E-state index in [-0.39, 0.29) is 11.3 Å². The summed E-state index contributed by atoms with van der Waals surface area (Å²) in [5.74, 6) is -1.13. The van der Waals surface area contributed by atoms with Crippen molar-refractivity contribution < 1.29 is 24.5 Å². The molecule has 0 aliphatic rings. The van der Waals surface area contributed by atoms with Gasteiger partial charge in [0.25, 0.3) is 0 Å². The van der Waals surface area contributed by atoms with Crippen LogP contribution in [0, 0.1) is 0 Å². The van der Waals surface area contributed by atoms with E-state index >= 15 is 0 Å². The predicted octanol–water partition coefficient (Wildman–Crippen LogP) is 2.33. The van der Waals surface area contributed by atoms with Crippen molar-refractivity contribution in [1.82, 2.24) is 0 Å². The maximum atomic E-state index is 11.9. The van der Waals surface area contributed by atoms with Crippen molar-refractivity contribution in [1.29, 1.82) is 0 Å². The van der Waals surface area contributed by atoms with E-state index in [0.29, 0.717) is 5.75 Å². The van der Waals surface area contributed by atoms with Crippen LogP contribution in [0.1, 0.15) is 10.4 Å². The fourth-order valence-electron chi connectivity index (χ4n) is 1.52. The fourth-order valence-corrected chi connectivity index (χ4v) is 1.52. The van der Waals surface area contributed by atoms with Crippen molar-refractivity contribution in [3.05, 3.63) is 48.0 Å². The SMILES string of the molecule is COc1cc(C(=O)Oc2ccccc2)cc(O)c1O. The number of rotatable bonds is 3. The number of aromatic hydroxyl groups is 2. The normalized spacial score (nSPS) is 9.95. The number of hydrogen-bond acceptors (Lipinski definition) is 5. The number of phenolic OH excluding ortho intramolecular Hbond substituents is 2. The van der Waals surface area contributed by atoms with Gasteiger partial charge in [-0.2, -0.15) is 0 Å². The molecule has 2 aromatic carbocycles.